The van der Waals surface area contributed by atoms with E-state index in [4.69, 9.17) is 9.47 Å². The van der Waals surface area contributed by atoms with Gasteiger partial charge in [-0.1, -0.05) is 6.92 Å². The Hall–Kier alpha value is -1.39. The fourth-order valence-electron chi connectivity index (χ4n) is 1.14. The minimum absolute atomic E-state index is 0.356. The van der Waals surface area contributed by atoms with Gasteiger partial charge in [0.1, 0.15) is 0 Å². The molecule has 0 aromatic carbocycles. The minimum atomic E-state index is -1.41. The summed E-state index contributed by atoms with van der Waals surface area (Å²) in [5.74, 6) is -4.83. The van der Waals surface area contributed by atoms with Gasteiger partial charge in [-0.15, -0.1) is 0 Å². The van der Waals surface area contributed by atoms with E-state index in [0.717, 1.165) is 6.92 Å². The van der Waals surface area contributed by atoms with E-state index < -0.39 is 29.4 Å². The number of carbonyl (C=O) groups excluding carboxylic acids is 3. The molecule has 1 rings (SSSR count). The lowest BCUT2D eigenvalue weighted by Gasteiger charge is -2.34. The summed E-state index contributed by atoms with van der Waals surface area (Å²) < 4.78 is 9.73. The summed E-state index contributed by atoms with van der Waals surface area (Å²) in [4.78, 5) is 33.5. The molecule has 0 aromatic rings. The first-order valence-corrected chi connectivity index (χ1v) is 4.36. The molecule has 1 aliphatic heterocycles. The van der Waals surface area contributed by atoms with Gasteiger partial charge in [0.05, 0.1) is 0 Å². The number of ether oxygens (including phenoxy) is 2. The molecule has 5 nitrogen and oxygen atoms in total. The molecule has 0 aliphatic carbocycles. The zero-order chi connectivity index (χ0) is 10.9. The Kier molecular flexibility index (Phi) is 2.59. The van der Waals surface area contributed by atoms with Gasteiger partial charge in [-0.3, -0.25) is 14.4 Å². The fourth-order valence-corrected chi connectivity index (χ4v) is 1.14. The van der Waals surface area contributed by atoms with Crippen molar-refractivity contribution in [2.75, 3.05) is 0 Å². The third-order valence-electron chi connectivity index (χ3n) is 2.15. The van der Waals surface area contributed by atoms with Crippen molar-refractivity contribution in [1.29, 1.82) is 0 Å². The van der Waals surface area contributed by atoms with Crippen LogP contribution in [0.2, 0.25) is 0 Å². The van der Waals surface area contributed by atoms with Crippen molar-refractivity contribution in [3.05, 3.63) is 0 Å². The first-order valence-electron chi connectivity index (χ1n) is 4.36. The van der Waals surface area contributed by atoms with Crippen LogP contribution >= 0.6 is 0 Å². The van der Waals surface area contributed by atoms with E-state index in [1.165, 1.54) is 6.92 Å². The molecule has 5 heteroatoms. The molecule has 0 unspecified atom stereocenters. The Balaban J connectivity index is 2.89. The summed E-state index contributed by atoms with van der Waals surface area (Å²) in [6.45, 7) is 4.36. The summed E-state index contributed by atoms with van der Waals surface area (Å²) in [6.07, 6.45) is 0.356. The van der Waals surface area contributed by atoms with Gasteiger partial charge in [0.25, 0.3) is 5.79 Å². The van der Waals surface area contributed by atoms with Crippen LogP contribution in [0.15, 0.2) is 0 Å². The van der Waals surface area contributed by atoms with Crippen molar-refractivity contribution >= 4 is 17.7 Å². The van der Waals surface area contributed by atoms with Crippen LogP contribution in [-0.4, -0.2) is 23.5 Å². The third-order valence-corrected chi connectivity index (χ3v) is 2.15. The van der Waals surface area contributed by atoms with E-state index in [2.05, 4.69) is 0 Å². The van der Waals surface area contributed by atoms with Crippen molar-refractivity contribution in [2.24, 2.45) is 5.92 Å². The maximum absolute atomic E-state index is 11.3. The van der Waals surface area contributed by atoms with Crippen LogP contribution in [0, 0.1) is 5.92 Å². The molecule has 1 aliphatic rings. The molecule has 0 N–H and O–H groups in total. The molecule has 0 atom stereocenters. The van der Waals surface area contributed by atoms with Crippen molar-refractivity contribution < 1.29 is 23.9 Å². The molecule has 0 spiro atoms. The lowest BCUT2D eigenvalue weighted by Crippen LogP contribution is -2.49. The molecule has 1 fully saturated rings. The third kappa shape index (κ3) is 1.76. The highest BCUT2D eigenvalue weighted by Crippen LogP contribution is 2.26. The van der Waals surface area contributed by atoms with Gasteiger partial charge in [0.2, 0.25) is 5.92 Å². The second-order valence-corrected chi connectivity index (χ2v) is 3.37. The van der Waals surface area contributed by atoms with Crippen LogP contribution < -0.4 is 0 Å². The molecule has 0 amide bonds. The average Bonchev–Trinajstić information content (AvgIpc) is 2.01. The molecular formula is C9H12O5. The SMILES string of the molecule is CCC1(C)OC(=O)C(C(C)=O)C(=O)O1. The van der Waals surface area contributed by atoms with Crippen molar-refractivity contribution in [3.63, 3.8) is 0 Å². The highest BCUT2D eigenvalue weighted by atomic mass is 16.7. The van der Waals surface area contributed by atoms with Gasteiger partial charge < -0.3 is 9.47 Å². The Labute approximate surface area is 81.4 Å². The normalized spacial score (nSPS) is 32.1. The van der Waals surface area contributed by atoms with Crippen LogP contribution in [0.4, 0.5) is 0 Å². The van der Waals surface area contributed by atoms with E-state index >= 15 is 0 Å². The van der Waals surface area contributed by atoms with Crippen LogP contribution in [0.3, 0.4) is 0 Å². The lowest BCUT2D eigenvalue weighted by molar-refractivity contribution is -0.245. The maximum Gasteiger partial charge on any atom is 0.331 e. The topological polar surface area (TPSA) is 69.7 Å². The summed E-state index contributed by atoms with van der Waals surface area (Å²) in [5.41, 5.74) is 0. The monoisotopic (exact) mass is 200 g/mol. The highest BCUT2D eigenvalue weighted by Gasteiger charge is 2.47. The van der Waals surface area contributed by atoms with E-state index in [-0.39, 0.29) is 0 Å². The van der Waals surface area contributed by atoms with E-state index in [1.54, 1.807) is 6.92 Å². The van der Waals surface area contributed by atoms with Crippen LogP contribution in [0.5, 0.6) is 0 Å². The van der Waals surface area contributed by atoms with Crippen molar-refractivity contribution in [2.45, 2.75) is 33.0 Å². The lowest BCUT2D eigenvalue weighted by atomic mass is 10.0. The first kappa shape index (κ1) is 10.7. The molecule has 0 saturated carbocycles. The number of rotatable bonds is 2. The number of hydrogen-bond donors (Lipinski definition) is 0. The number of carbonyl (C=O) groups is 3. The highest BCUT2D eigenvalue weighted by molar-refractivity contribution is 6.15. The number of esters is 2. The molecular weight excluding hydrogens is 188 g/mol. The zero-order valence-corrected chi connectivity index (χ0v) is 8.33. The van der Waals surface area contributed by atoms with E-state index in [0.29, 0.717) is 6.42 Å². The predicted octanol–water partition coefficient (Wildman–Crippen LogP) is 0.418. The second-order valence-electron chi connectivity index (χ2n) is 3.37. The van der Waals surface area contributed by atoms with Crippen molar-refractivity contribution in [3.8, 4) is 0 Å². The van der Waals surface area contributed by atoms with Gasteiger partial charge in [-0.2, -0.15) is 0 Å². The first-order chi connectivity index (χ1) is 6.39. The molecule has 1 heterocycles. The fraction of sp³-hybridized carbons (Fsp3) is 0.667. The standard InChI is InChI=1S/C9H12O5/c1-4-9(3)13-7(11)6(5(2)10)8(12)14-9/h6H,4H2,1-3H3. The average molecular weight is 200 g/mol. The molecule has 14 heavy (non-hydrogen) atoms. The quantitative estimate of drug-likeness (QED) is 0.477. The number of hydrogen-bond acceptors (Lipinski definition) is 5. The molecule has 0 bridgehead atoms. The minimum Gasteiger partial charge on any atom is -0.422 e. The Morgan fingerprint density at radius 2 is 1.79 bits per heavy atom. The smallest absolute Gasteiger partial charge is 0.331 e. The zero-order valence-electron chi connectivity index (χ0n) is 8.33. The van der Waals surface area contributed by atoms with Crippen molar-refractivity contribution in [1.82, 2.24) is 0 Å². The Bertz CT molecular complexity index is 276. The van der Waals surface area contributed by atoms with Crippen LogP contribution in [0.25, 0.3) is 0 Å². The van der Waals surface area contributed by atoms with Gasteiger partial charge >= 0.3 is 11.9 Å². The Morgan fingerprint density at radius 3 is 2.07 bits per heavy atom. The molecule has 78 valence electrons. The number of ketones is 1. The number of Topliss-reactive ketones (excluding diaryl/α,β-unsaturated/α-hetero) is 1. The van der Waals surface area contributed by atoms with E-state index in [1.807, 2.05) is 0 Å². The summed E-state index contributed by atoms with van der Waals surface area (Å²) in [6, 6.07) is 0. The van der Waals surface area contributed by atoms with Gasteiger partial charge in [0.15, 0.2) is 5.78 Å². The maximum atomic E-state index is 11.3. The molecule has 1 saturated heterocycles. The largest absolute Gasteiger partial charge is 0.422 e. The number of cyclic esters (lactones) is 2. The van der Waals surface area contributed by atoms with Crippen LogP contribution in [-0.2, 0) is 23.9 Å². The van der Waals surface area contributed by atoms with E-state index in [9.17, 15) is 14.4 Å². The second kappa shape index (κ2) is 3.40. The van der Waals surface area contributed by atoms with Gasteiger partial charge in [-0.25, -0.2) is 0 Å². The van der Waals surface area contributed by atoms with Gasteiger partial charge in [-0.05, 0) is 6.92 Å². The predicted molar refractivity (Wildman–Crippen MR) is 45.1 cm³/mol. The summed E-state index contributed by atoms with van der Waals surface area (Å²) in [7, 11) is 0. The van der Waals surface area contributed by atoms with Crippen LogP contribution in [0.1, 0.15) is 27.2 Å². The Morgan fingerprint density at radius 1 is 1.36 bits per heavy atom. The molecule has 0 radical (unpaired) electrons. The summed E-state index contributed by atoms with van der Waals surface area (Å²) in [5, 5.41) is 0. The molecule has 0 aromatic heterocycles. The van der Waals surface area contributed by atoms with Gasteiger partial charge in [0, 0.05) is 13.3 Å². The summed E-state index contributed by atoms with van der Waals surface area (Å²) >= 11 is 0.